The first-order valence-electron chi connectivity index (χ1n) is 8.18. The van der Waals surface area contributed by atoms with Gasteiger partial charge in [-0.1, -0.05) is 43.1 Å². The normalized spacial score (nSPS) is 27.6. The van der Waals surface area contributed by atoms with E-state index in [1.807, 2.05) is 19.9 Å². The fourth-order valence-corrected chi connectivity index (χ4v) is 3.63. The molecule has 0 bridgehead atoms. The van der Waals surface area contributed by atoms with Crippen LogP contribution in [0.1, 0.15) is 46.5 Å². The van der Waals surface area contributed by atoms with E-state index in [1.54, 1.807) is 6.92 Å². The Balaban J connectivity index is 2.37. The van der Waals surface area contributed by atoms with Crippen molar-refractivity contribution < 1.29 is 19.0 Å². The van der Waals surface area contributed by atoms with Crippen LogP contribution in [0.25, 0.3) is 0 Å². The quantitative estimate of drug-likeness (QED) is 0.683. The summed E-state index contributed by atoms with van der Waals surface area (Å²) in [5, 5.41) is 1.16. The Kier molecular flexibility index (Phi) is 6.55. The first kappa shape index (κ1) is 18.8. The van der Waals surface area contributed by atoms with E-state index in [0.29, 0.717) is 28.7 Å². The molecule has 1 fully saturated rings. The zero-order chi connectivity index (χ0) is 17.0. The molecule has 0 aromatic rings. The molecule has 1 unspecified atom stereocenters. The molecule has 0 amide bonds. The summed E-state index contributed by atoms with van der Waals surface area (Å²) in [5.41, 5.74) is 0.218. The van der Waals surface area contributed by atoms with Gasteiger partial charge in [0.25, 0.3) is 0 Å². The van der Waals surface area contributed by atoms with Crippen LogP contribution in [0.4, 0.5) is 0 Å². The van der Waals surface area contributed by atoms with Crippen molar-refractivity contribution in [3.05, 3.63) is 21.7 Å². The maximum atomic E-state index is 12.3. The van der Waals surface area contributed by atoms with Crippen LogP contribution >= 0.6 is 23.2 Å². The van der Waals surface area contributed by atoms with Crippen LogP contribution in [0, 0.1) is 0 Å². The number of rotatable bonds is 5. The third kappa shape index (κ3) is 3.93. The van der Waals surface area contributed by atoms with Gasteiger partial charge in [-0.15, -0.1) is 0 Å². The van der Waals surface area contributed by atoms with Crippen molar-refractivity contribution in [1.82, 2.24) is 0 Å². The van der Waals surface area contributed by atoms with E-state index in [-0.39, 0.29) is 6.61 Å². The molecule has 0 spiro atoms. The predicted octanol–water partition coefficient (Wildman–Crippen LogP) is 4.30. The highest BCUT2D eigenvalue weighted by Gasteiger charge is 2.47. The fraction of sp³-hybridized carbons (Fsp3) is 0.706. The molecule has 0 N–H and O–H groups in total. The van der Waals surface area contributed by atoms with Gasteiger partial charge in [0.1, 0.15) is 6.10 Å². The van der Waals surface area contributed by atoms with E-state index in [9.17, 15) is 4.79 Å². The molecule has 0 saturated carbocycles. The number of ether oxygens (including phenoxy) is 3. The lowest BCUT2D eigenvalue weighted by atomic mass is 9.91. The summed E-state index contributed by atoms with van der Waals surface area (Å²) in [6, 6.07) is 0. The van der Waals surface area contributed by atoms with Crippen molar-refractivity contribution in [2.24, 2.45) is 0 Å². The van der Waals surface area contributed by atoms with E-state index >= 15 is 0 Å². The summed E-state index contributed by atoms with van der Waals surface area (Å²) in [4.78, 5) is 12.3. The number of esters is 1. The van der Waals surface area contributed by atoms with Crippen LogP contribution in [-0.2, 0) is 19.0 Å². The number of hydrogen-bond donors (Lipinski definition) is 0. The summed E-state index contributed by atoms with van der Waals surface area (Å²) >= 11 is 12.8. The maximum Gasteiger partial charge on any atom is 0.338 e. The van der Waals surface area contributed by atoms with Crippen LogP contribution in [0.15, 0.2) is 21.7 Å². The average molecular weight is 363 g/mol. The predicted molar refractivity (Wildman–Crippen MR) is 90.6 cm³/mol. The Morgan fingerprint density at radius 3 is 2.61 bits per heavy atom. The molecule has 1 aliphatic carbocycles. The molecular weight excluding hydrogens is 339 g/mol. The summed E-state index contributed by atoms with van der Waals surface area (Å²) in [6.07, 6.45) is 3.45. The van der Waals surface area contributed by atoms with Crippen LogP contribution in [0.2, 0.25) is 0 Å². The van der Waals surface area contributed by atoms with Gasteiger partial charge in [0.05, 0.1) is 18.8 Å². The maximum absolute atomic E-state index is 12.3. The van der Waals surface area contributed by atoms with E-state index in [2.05, 4.69) is 0 Å². The van der Waals surface area contributed by atoms with Crippen molar-refractivity contribution in [2.45, 2.75) is 64.3 Å². The first-order valence-corrected chi connectivity index (χ1v) is 8.94. The second-order valence-corrected chi connectivity index (χ2v) is 6.68. The molecule has 1 saturated heterocycles. The van der Waals surface area contributed by atoms with Crippen molar-refractivity contribution in [3.8, 4) is 0 Å². The van der Waals surface area contributed by atoms with Crippen LogP contribution in [0.5, 0.6) is 0 Å². The highest BCUT2D eigenvalue weighted by molar-refractivity contribution is 6.36. The molecule has 0 aromatic heterocycles. The standard InChI is InChI=1S/C17H24Cl2O4/c1-4-17(5-2)10-22-15(16(20)21-6-3)14(23-17)13-11(18)8-7-9-12(13)19/h8,14-15H,4-7,9-10H2,1-3H3/t14?,15-/m0/s1. The Bertz CT molecular complexity index is 509. The lowest BCUT2D eigenvalue weighted by molar-refractivity contribution is -0.229. The van der Waals surface area contributed by atoms with Gasteiger partial charge in [-0.2, -0.15) is 0 Å². The second kappa shape index (κ2) is 8.02. The third-order valence-electron chi connectivity index (χ3n) is 4.51. The Labute approximate surface area is 147 Å². The zero-order valence-corrected chi connectivity index (χ0v) is 15.4. The van der Waals surface area contributed by atoms with E-state index in [0.717, 1.165) is 19.3 Å². The van der Waals surface area contributed by atoms with Crippen LogP contribution in [-0.4, -0.2) is 37.0 Å². The Morgan fingerprint density at radius 2 is 2.04 bits per heavy atom. The molecule has 0 radical (unpaired) electrons. The summed E-state index contributed by atoms with van der Waals surface area (Å²) in [5.74, 6) is -0.440. The molecular formula is C17H24Cl2O4. The molecule has 2 rings (SSSR count). The zero-order valence-electron chi connectivity index (χ0n) is 13.9. The van der Waals surface area contributed by atoms with Crippen molar-refractivity contribution in [1.29, 1.82) is 0 Å². The SMILES string of the molecule is CCOC(=O)[C@H]1OCC(CC)(CC)OC1C1=C(Cl)CCC=C1Cl. The minimum absolute atomic E-state index is 0.286. The van der Waals surface area contributed by atoms with Gasteiger partial charge in [-0.3, -0.25) is 0 Å². The highest BCUT2D eigenvalue weighted by atomic mass is 35.5. The molecule has 6 heteroatoms. The number of halogens is 2. The number of hydrogen-bond acceptors (Lipinski definition) is 4. The van der Waals surface area contributed by atoms with Gasteiger partial charge in [0.2, 0.25) is 0 Å². The van der Waals surface area contributed by atoms with Gasteiger partial charge in [-0.05, 0) is 32.6 Å². The molecule has 2 aliphatic rings. The molecule has 1 aliphatic heterocycles. The number of carbonyl (C=O) groups is 1. The minimum Gasteiger partial charge on any atom is -0.464 e. The van der Waals surface area contributed by atoms with Crippen LogP contribution < -0.4 is 0 Å². The van der Waals surface area contributed by atoms with E-state index in [4.69, 9.17) is 37.4 Å². The van der Waals surface area contributed by atoms with Crippen molar-refractivity contribution in [2.75, 3.05) is 13.2 Å². The topological polar surface area (TPSA) is 44.8 Å². The lowest BCUT2D eigenvalue weighted by Gasteiger charge is -2.44. The van der Waals surface area contributed by atoms with E-state index < -0.39 is 23.8 Å². The van der Waals surface area contributed by atoms with E-state index in [1.165, 1.54) is 0 Å². The van der Waals surface area contributed by atoms with Gasteiger partial charge in [-0.25, -0.2) is 4.79 Å². The molecule has 130 valence electrons. The Morgan fingerprint density at radius 1 is 1.35 bits per heavy atom. The van der Waals surface area contributed by atoms with Gasteiger partial charge >= 0.3 is 5.97 Å². The highest BCUT2D eigenvalue weighted by Crippen LogP contribution is 2.40. The number of allylic oxidation sites excluding steroid dienone is 2. The monoisotopic (exact) mass is 362 g/mol. The number of carbonyl (C=O) groups excluding carboxylic acids is 1. The third-order valence-corrected chi connectivity index (χ3v) is 5.26. The van der Waals surface area contributed by atoms with Crippen molar-refractivity contribution in [3.63, 3.8) is 0 Å². The largest absolute Gasteiger partial charge is 0.464 e. The lowest BCUT2D eigenvalue weighted by Crippen LogP contribution is -2.55. The summed E-state index contributed by atoms with van der Waals surface area (Å²) < 4.78 is 17.3. The van der Waals surface area contributed by atoms with Gasteiger partial charge in [0.15, 0.2) is 6.10 Å². The molecule has 1 heterocycles. The van der Waals surface area contributed by atoms with Crippen molar-refractivity contribution >= 4 is 29.2 Å². The second-order valence-electron chi connectivity index (χ2n) is 5.82. The minimum atomic E-state index is -0.842. The van der Waals surface area contributed by atoms with Gasteiger partial charge < -0.3 is 14.2 Å². The molecule has 4 nitrogen and oxygen atoms in total. The first-order chi connectivity index (χ1) is 11.0. The van der Waals surface area contributed by atoms with Gasteiger partial charge in [0, 0.05) is 15.6 Å². The fourth-order valence-electron chi connectivity index (χ4n) is 2.93. The average Bonchev–Trinajstić information content (AvgIpc) is 2.54. The summed E-state index contributed by atoms with van der Waals surface area (Å²) in [6.45, 7) is 6.49. The molecule has 0 aromatic carbocycles. The molecule has 23 heavy (non-hydrogen) atoms. The smallest absolute Gasteiger partial charge is 0.338 e. The van der Waals surface area contributed by atoms with Crippen LogP contribution in [0.3, 0.4) is 0 Å². The Hall–Kier alpha value is -0.550. The molecule has 2 atom stereocenters. The summed E-state index contributed by atoms with van der Waals surface area (Å²) in [7, 11) is 0.